The summed E-state index contributed by atoms with van der Waals surface area (Å²) in [6.07, 6.45) is 0. The zero-order valence-electron chi connectivity index (χ0n) is 13.6. The van der Waals surface area contributed by atoms with Crippen LogP contribution in [0.15, 0.2) is 36.4 Å². The Morgan fingerprint density at radius 2 is 1.92 bits per heavy atom. The van der Waals surface area contributed by atoms with E-state index in [1.165, 1.54) is 0 Å². The van der Waals surface area contributed by atoms with Gasteiger partial charge in [0.1, 0.15) is 0 Å². The fourth-order valence-electron chi connectivity index (χ4n) is 2.24. The first kappa shape index (κ1) is 17.9. The summed E-state index contributed by atoms with van der Waals surface area (Å²) in [6, 6.07) is 10.3. The van der Waals surface area contributed by atoms with Gasteiger partial charge in [-0.1, -0.05) is 17.7 Å². The summed E-state index contributed by atoms with van der Waals surface area (Å²) in [7, 11) is 0. The summed E-state index contributed by atoms with van der Waals surface area (Å²) in [5.74, 6) is 0.182. The smallest absolute Gasteiger partial charge is 0.335 e. The van der Waals surface area contributed by atoms with Crippen molar-refractivity contribution in [3.8, 4) is 11.5 Å². The van der Waals surface area contributed by atoms with E-state index in [9.17, 15) is 4.79 Å². The van der Waals surface area contributed by atoms with E-state index in [1.807, 2.05) is 32.0 Å². The minimum absolute atomic E-state index is 0.236. The fraction of sp³-hybridized carbons (Fsp3) is 0.278. The molecule has 24 heavy (non-hydrogen) atoms. The van der Waals surface area contributed by atoms with Gasteiger partial charge in [-0.3, -0.25) is 0 Å². The highest BCUT2D eigenvalue weighted by Gasteiger charge is 2.12. The zero-order chi connectivity index (χ0) is 17.5. The van der Waals surface area contributed by atoms with Crippen molar-refractivity contribution in [2.75, 3.05) is 18.5 Å². The predicted octanol–water partition coefficient (Wildman–Crippen LogP) is 4.45. The number of anilines is 1. The van der Waals surface area contributed by atoms with Crippen molar-refractivity contribution in [1.82, 2.24) is 0 Å². The summed E-state index contributed by atoms with van der Waals surface area (Å²) in [5.41, 5.74) is 1.87. The highest BCUT2D eigenvalue weighted by molar-refractivity contribution is 6.32. The van der Waals surface area contributed by atoms with Crippen LogP contribution >= 0.6 is 11.6 Å². The van der Waals surface area contributed by atoms with Crippen molar-refractivity contribution in [3.05, 3.63) is 52.5 Å². The molecule has 2 rings (SSSR count). The van der Waals surface area contributed by atoms with Crippen molar-refractivity contribution < 1.29 is 19.4 Å². The molecule has 0 aliphatic carbocycles. The molecule has 0 aliphatic heterocycles. The van der Waals surface area contributed by atoms with Crippen LogP contribution in [0.25, 0.3) is 0 Å². The molecule has 0 saturated heterocycles. The molecule has 5 nitrogen and oxygen atoms in total. The number of aromatic carboxylic acids is 1. The van der Waals surface area contributed by atoms with E-state index in [-0.39, 0.29) is 5.56 Å². The van der Waals surface area contributed by atoms with Gasteiger partial charge in [-0.2, -0.15) is 0 Å². The average molecular weight is 350 g/mol. The summed E-state index contributed by atoms with van der Waals surface area (Å²) in [5, 5.41) is 12.7. The van der Waals surface area contributed by atoms with Crippen LogP contribution in [0.3, 0.4) is 0 Å². The second-order valence-electron chi connectivity index (χ2n) is 5.01. The Hall–Kier alpha value is -2.40. The first-order valence-electron chi connectivity index (χ1n) is 7.70. The molecule has 2 N–H and O–H groups in total. The maximum Gasteiger partial charge on any atom is 0.335 e. The van der Waals surface area contributed by atoms with E-state index in [0.29, 0.717) is 36.3 Å². The van der Waals surface area contributed by atoms with Gasteiger partial charge in [-0.05, 0) is 49.7 Å². The van der Waals surface area contributed by atoms with E-state index >= 15 is 0 Å². The van der Waals surface area contributed by atoms with Gasteiger partial charge < -0.3 is 19.9 Å². The van der Waals surface area contributed by atoms with Gasteiger partial charge in [-0.25, -0.2) is 4.79 Å². The lowest BCUT2D eigenvalue weighted by molar-refractivity contribution is 0.0697. The van der Waals surface area contributed by atoms with Crippen LogP contribution in [-0.2, 0) is 6.54 Å². The minimum Gasteiger partial charge on any atom is -0.490 e. The predicted molar refractivity (Wildman–Crippen MR) is 94.5 cm³/mol. The number of rotatable bonds is 8. The summed E-state index contributed by atoms with van der Waals surface area (Å²) >= 11 is 6.29. The van der Waals surface area contributed by atoms with Crippen LogP contribution in [0.2, 0.25) is 5.02 Å². The number of benzene rings is 2. The standard InChI is InChI=1S/C18H20ClNO4/c1-3-23-16-9-12(8-15(19)17(16)24-4-2)11-20-14-7-5-6-13(10-14)18(21)22/h5-10,20H,3-4,11H2,1-2H3,(H,21,22). The molecule has 0 aromatic heterocycles. The summed E-state index contributed by atoms with van der Waals surface area (Å²) in [6.45, 7) is 5.27. The van der Waals surface area contributed by atoms with Crippen LogP contribution in [0.1, 0.15) is 29.8 Å². The van der Waals surface area contributed by atoms with Gasteiger partial charge in [0.2, 0.25) is 0 Å². The van der Waals surface area contributed by atoms with Crippen molar-refractivity contribution in [2.24, 2.45) is 0 Å². The van der Waals surface area contributed by atoms with Crippen molar-refractivity contribution in [1.29, 1.82) is 0 Å². The van der Waals surface area contributed by atoms with Gasteiger partial charge in [0.15, 0.2) is 11.5 Å². The third-order valence-electron chi connectivity index (χ3n) is 3.26. The van der Waals surface area contributed by atoms with Crippen LogP contribution < -0.4 is 14.8 Å². The molecule has 128 valence electrons. The number of hydrogen-bond acceptors (Lipinski definition) is 4. The highest BCUT2D eigenvalue weighted by atomic mass is 35.5. The number of nitrogens with one attached hydrogen (secondary N) is 1. The first-order chi connectivity index (χ1) is 11.5. The number of carbonyl (C=O) groups is 1. The molecule has 0 fully saturated rings. The van der Waals surface area contributed by atoms with Gasteiger partial charge in [0.05, 0.1) is 23.8 Å². The topological polar surface area (TPSA) is 67.8 Å². The van der Waals surface area contributed by atoms with Crippen molar-refractivity contribution in [2.45, 2.75) is 20.4 Å². The molecule has 2 aromatic rings. The van der Waals surface area contributed by atoms with Gasteiger partial charge in [0.25, 0.3) is 0 Å². The van der Waals surface area contributed by atoms with E-state index in [1.54, 1.807) is 18.2 Å². The lowest BCUT2D eigenvalue weighted by atomic mass is 10.1. The minimum atomic E-state index is -0.957. The Balaban J connectivity index is 2.17. The maximum atomic E-state index is 11.0. The van der Waals surface area contributed by atoms with E-state index < -0.39 is 5.97 Å². The zero-order valence-corrected chi connectivity index (χ0v) is 14.4. The van der Waals surface area contributed by atoms with Crippen LogP contribution in [0.4, 0.5) is 5.69 Å². The van der Waals surface area contributed by atoms with Crippen molar-refractivity contribution >= 4 is 23.3 Å². The molecule has 0 heterocycles. The molecule has 0 amide bonds. The molecule has 0 saturated carbocycles. The molecule has 0 unspecified atom stereocenters. The number of carboxylic acids is 1. The Kier molecular flexibility index (Phi) is 6.32. The number of hydrogen-bond donors (Lipinski definition) is 2. The Labute approximate surface area is 146 Å². The molecular formula is C18H20ClNO4. The molecule has 0 aliphatic rings. The second kappa shape index (κ2) is 8.45. The van der Waals surface area contributed by atoms with E-state index in [2.05, 4.69) is 5.32 Å². The molecule has 0 atom stereocenters. The lowest BCUT2D eigenvalue weighted by Crippen LogP contribution is -2.04. The van der Waals surface area contributed by atoms with Gasteiger partial charge >= 0.3 is 5.97 Å². The molecule has 6 heteroatoms. The fourth-order valence-corrected chi connectivity index (χ4v) is 2.52. The number of ether oxygens (including phenoxy) is 2. The Morgan fingerprint density at radius 1 is 1.17 bits per heavy atom. The summed E-state index contributed by atoms with van der Waals surface area (Å²) in [4.78, 5) is 11.0. The quantitative estimate of drug-likeness (QED) is 0.737. The lowest BCUT2D eigenvalue weighted by Gasteiger charge is -2.15. The van der Waals surface area contributed by atoms with Gasteiger partial charge in [0, 0.05) is 12.2 Å². The number of halogens is 1. The van der Waals surface area contributed by atoms with Crippen LogP contribution in [-0.4, -0.2) is 24.3 Å². The molecule has 0 bridgehead atoms. The largest absolute Gasteiger partial charge is 0.490 e. The second-order valence-corrected chi connectivity index (χ2v) is 5.42. The highest BCUT2D eigenvalue weighted by Crippen LogP contribution is 2.36. The van der Waals surface area contributed by atoms with E-state index in [0.717, 1.165) is 11.3 Å². The molecule has 0 radical (unpaired) electrons. The van der Waals surface area contributed by atoms with Crippen molar-refractivity contribution in [3.63, 3.8) is 0 Å². The molecule has 0 spiro atoms. The third kappa shape index (κ3) is 4.55. The normalized spacial score (nSPS) is 10.3. The third-order valence-corrected chi connectivity index (χ3v) is 3.54. The Morgan fingerprint density at radius 3 is 2.58 bits per heavy atom. The first-order valence-corrected chi connectivity index (χ1v) is 8.08. The number of carboxylic acid groups (broad SMARTS) is 1. The summed E-state index contributed by atoms with van der Waals surface area (Å²) < 4.78 is 11.1. The van der Waals surface area contributed by atoms with Crippen LogP contribution in [0, 0.1) is 0 Å². The molecular weight excluding hydrogens is 330 g/mol. The Bertz CT molecular complexity index is 718. The maximum absolute atomic E-state index is 11.0. The van der Waals surface area contributed by atoms with Crippen LogP contribution in [0.5, 0.6) is 11.5 Å². The monoisotopic (exact) mass is 349 g/mol. The molecule has 2 aromatic carbocycles. The average Bonchev–Trinajstić information content (AvgIpc) is 2.56. The van der Waals surface area contributed by atoms with Gasteiger partial charge in [-0.15, -0.1) is 0 Å². The SMILES string of the molecule is CCOc1cc(CNc2cccc(C(=O)O)c2)cc(Cl)c1OCC. The van der Waals surface area contributed by atoms with E-state index in [4.69, 9.17) is 26.2 Å².